The molecule has 17 heavy (non-hydrogen) atoms. The average molecular weight is 228 g/mol. The van der Waals surface area contributed by atoms with Gasteiger partial charge >= 0.3 is 11.9 Å². The maximum absolute atomic E-state index is 11.8. The van der Waals surface area contributed by atoms with Crippen LogP contribution in [0.5, 0.6) is 0 Å². The van der Waals surface area contributed by atoms with Crippen LogP contribution in [0, 0.1) is 6.57 Å². The minimum atomic E-state index is -0.668. The summed E-state index contributed by atoms with van der Waals surface area (Å²) in [5.74, 6) is -0.240. The van der Waals surface area contributed by atoms with Gasteiger partial charge in [-0.3, -0.25) is 4.79 Å². The first-order chi connectivity index (χ1) is 8.19. The van der Waals surface area contributed by atoms with Crippen LogP contribution in [0.1, 0.15) is 24.9 Å². The van der Waals surface area contributed by atoms with Gasteiger partial charge in [-0.2, -0.15) is 0 Å². The normalized spacial score (nSPS) is 13.2. The Balaban J connectivity index is 2.63. The van der Waals surface area contributed by atoms with Crippen molar-refractivity contribution in [2.45, 2.75) is 25.4 Å². The van der Waals surface area contributed by atoms with Crippen LogP contribution >= 0.6 is 0 Å². The van der Waals surface area contributed by atoms with Gasteiger partial charge in [0.05, 0.1) is 12.5 Å². The van der Waals surface area contributed by atoms with Crippen molar-refractivity contribution >= 4 is 5.91 Å². The second-order valence-electron chi connectivity index (χ2n) is 3.81. The van der Waals surface area contributed by atoms with Gasteiger partial charge in [0.2, 0.25) is 0 Å². The summed E-state index contributed by atoms with van der Waals surface area (Å²) in [6, 6.07) is 8.92. The zero-order chi connectivity index (χ0) is 12.7. The zero-order valence-corrected chi connectivity index (χ0v) is 9.89. The molecule has 0 saturated heterocycles. The van der Waals surface area contributed by atoms with E-state index < -0.39 is 6.04 Å². The fourth-order valence-corrected chi connectivity index (χ4v) is 1.51. The van der Waals surface area contributed by atoms with Crippen LogP contribution < -0.4 is 5.32 Å². The minimum Gasteiger partial charge on any atom is -0.343 e. The van der Waals surface area contributed by atoms with Gasteiger partial charge in [-0.1, -0.05) is 36.4 Å². The van der Waals surface area contributed by atoms with Crippen molar-refractivity contribution in [3.63, 3.8) is 0 Å². The highest BCUT2D eigenvalue weighted by Crippen LogP contribution is 2.12. The standard InChI is InChI=1S/C14H16N2O/c1-4-8-13(15-3)14(17)16-11(2)12-9-6-5-7-10-12/h4-7,9-11,13H,1,8H2,2H3,(H,16,17)/t11-,13?/m0/s1. The molecule has 1 rings (SSSR count). The van der Waals surface area contributed by atoms with E-state index in [9.17, 15) is 4.79 Å². The Labute approximate surface area is 102 Å². The van der Waals surface area contributed by atoms with Crippen LogP contribution in [0.25, 0.3) is 4.85 Å². The highest BCUT2D eigenvalue weighted by Gasteiger charge is 2.23. The molecular weight excluding hydrogens is 212 g/mol. The molecule has 0 radical (unpaired) electrons. The number of carbonyl (C=O) groups is 1. The van der Waals surface area contributed by atoms with Crippen LogP contribution in [0.2, 0.25) is 0 Å². The first kappa shape index (κ1) is 13.0. The van der Waals surface area contributed by atoms with Gasteiger partial charge < -0.3 is 10.2 Å². The summed E-state index contributed by atoms with van der Waals surface area (Å²) in [6.07, 6.45) is 1.98. The summed E-state index contributed by atoms with van der Waals surface area (Å²) in [5, 5.41) is 2.83. The Morgan fingerprint density at radius 2 is 2.18 bits per heavy atom. The lowest BCUT2D eigenvalue weighted by molar-refractivity contribution is -0.122. The molecule has 1 aromatic carbocycles. The van der Waals surface area contributed by atoms with Crippen LogP contribution in [0.4, 0.5) is 0 Å². The Kier molecular flexibility index (Phi) is 4.96. The molecule has 1 unspecified atom stereocenters. The Morgan fingerprint density at radius 1 is 1.53 bits per heavy atom. The molecule has 0 fully saturated rings. The number of amides is 1. The number of hydrogen-bond acceptors (Lipinski definition) is 1. The van der Waals surface area contributed by atoms with Gasteiger partial charge in [0, 0.05) is 0 Å². The first-order valence-electron chi connectivity index (χ1n) is 5.51. The molecule has 0 spiro atoms. The SMILES string of the molecule is [C-]#[N+]C(CC=C)C(=O)N[C@@H](C)c1ccccc1. The maximum atomic E-state index is 11.8. The molecule has 0 bridgehead atoms. The molecule has 0 aliphatic heterocycles. The van der Waals surface area contributed by atoms with Gasteiger partial charge in [0.25, 0.3) is 0 Å². The van der Waals surface area contributed by atoms with Crippen molar-refractivity contribution in [3.8, 4) is 0 Å². The third kappa shape index (κ3) is 3.76. The topological polar surface area (TPSA) is 33.5 Å². The number of hydrogen-bond donors (Lipinski definition) is 1. The summed E-state index contributed by atoms with van der Waals surface area (Å²) >= 11 is 0. The van der Waals surface area contributed by atoms with Crippen LogP contribution in [-0.4, -0.2) is 11.9 Å². The number of nitrogens with zero attached hydrogens (tertiary/aromatic N) is 1. The molecule has 1 amide bonds. The van der Waals surface area contributed by atoms with Gasteiger partial charge in [0.1, 0.15) is 0 Å². The highest BCUT2D eigenvalue weighted by atomic mass is 16.2. The molecule has 0 aromatic heterocycles. The van der Waals surface area contributed by atoms with E-state index >= 15 is 0 Å². The first-order valence-corrected chi connectivity index (χ1v) is 5.51. The molecular formula is C14H16N2O. The molecule has 3 heteroatoms. The summed E-state index contributed by atoms with van der Waals surface area (Å²) in [5.41, 5.74) is 1.03. The average Bonchev–Trinajstić information content (AvgIpc) is 2.36. The van der Waals surface area contributed by atoms with Crippen LogP contribution in [0.15, 0.2) is 43.0 Å². The van der Waals surface area contributed by atoms with Gasteiger partial charge in [0.15, 0.2) is 0 Å². The summed E-state index contributed by atoms with van der Waals surface area (Å²) < 4.78 is 0. The van der Waals surface area contributed by atoms with E-state index in [4.69, 9.17) is 6.57 Å². The van der Waals surface area contributed by atoms with E-state index in [1.807, 2.05) is 37.3 Å². The minimum absolute atomic E-state index is 0.0854. The highest BCUT2D eigenvalue weighted by molar-refractivity contribution is 5.83. The second-order valence-corrected chi connectivity index (χ2v) is 3.81. The molecule has 0 heterocycles. The van der Waals surface area contributed by atoms with E-state index in [-0.39, 0.29) is 11.9 Å². The van der Waals surface area contributed by atoms with Crippen molar-refractivity contribution in [2.75, 3.05) is 0 Å². The van der Waals surface area contributed by atoms with Gasteiger partial charge in [-0.15, -0.1) is 6.58 Å². The smallest absolute Gasteiger partial charge is 0.304 e. The van der Waals surface area contributed by atoms with Crippen LogP contribution in [0.3, 0.4) is 0 Å². The molecule has 3 nitrogen and oxygen atoms in total. The number of benzene rings is 1. The molecule has 1 aromatic rings. The number of nitrogens with one attached hydrogen (secondary N) is 1. The Bertz CT molecular complexity index is 420. The predicted molar refractivity (Wildman–Crippen MR) is 68.2 cm³/mol. The van der Waals surface area contributed by atoms with Crippen molar-refractivity contribution in [1.82, 2.24) is 5.32 Å². The Morgan fingerprint density at radius 3 is 2.71 bits per heavy atom. The van der Waals surface area contributed by atoms with E-state index in [0.29, 0.717) is 6.42 Å². The lowest BCUT2D eigenvalue weighted by atomic mass is 10.1. The molecule has 0 saturated carbocycles. The molecule has 2 atom stereocenters. The predicted octanol–water partition coefficient (Wildman–Crippen LogP) is 2.73. The Hall–Kier alpha value is -2.08. The largest absolute Gasteiger partial charge is 0.343 e. The molecule has 1 N–H and O–H groups in total. The fourth-order valence-electron chi connectivity index (χ4n) is 1.51. The van der Waals surface area contributed by atoms with E-state index in [1.54, 1.807) is 6.08 Å². The van der Waals surface area contributed by atoms with Crippen molar-refractivity contribution in [3.05, 3.63) is 60.0 Å². The lowest BCUT2D eigenvalue weighted by Crippen LogP contribution is -2.34. The number of carbonyl (C=O) groups excluding carboxylic acids is 1. The number of rotatable bonds is 5. The fraction of sp³-hybridized carbons (Fsp3) is 0.286. The zero-order valence-electron chi connectivity index (χ0n) is 9.89. The second kappa shape index (κ2) is 6.49. The monoisotopic (exact) mass is 228 g/mol. The molecule has 88 valence electrons. The lowest BCUT2D eigenvalue weighted by Gasteiger charge is -2.14. The summed E-state index contributed by atoms with van der Waals surface area (Å²) in [4.78, 5) is 15.1. The van der Waals surface area contributed by atoms with E-state index in [2.05, 4.69) is 16.7 Å². The van der Waals surface area contributed by atoms with Crippen molar-refractivity contribution in [1.29, 1.82) is 0 Å². The third-order valence-corrected chi connectivity index (χ3v) is 2.51. The maximum Gasteiger partial charge on any atom is 0.304 e. The molecule has 0 aliphatic carbocycles. The van der Waals surface area contributed by atoms with Crippen molar-refractivity contribution < 1.29 is 4.79 Å². The molecule has 0 aliphatic rings. The van der Waals surface area contributed by atoms with E-state index in [0.717, 1.165) is 5.56 Å². The quantitative estimate of drug-likeness (QED) is 0.610. The van der Waals surface area contributed by atoms with Gasteiger partial charge in [-0.25, -0.2) is 6.57 Å². The summed E-state index contributed by atoms with van der Waals surface area (Å²) in [6.45, 7) is 12.4. The van der Waals surface area contributed by atoms with Gasteiger partial charge in [-0.05, 0) is 12.5 Å². The van der Waals surface area contributed by atoms with E-state index in [1.165, 1.54) is 0 Å². The third-order valence-electron chi connectivity index (χ3n) is 2.51. The van der Waals surface area contributed by atoms with Crippen molar-refractivity contribution in [2.24, 2.45) is 0 Å². The summed E-state index contributed by atoms with van der Waals surface area (Å²) in [7, 11) is 0. The van der Waals surface area contributed by atoms with Crippen LogP contribution in [-0.2, 0) is 4.79 Å².